The van der Waals surface area contributed by atoms with E-state index in [1.165, 1.54) is 11.1 Å². The first-order valence-electron chi connectivity index (χ1n) is 7.19. The van der Waals surface area contributed by atoms with Crippen LogP contribution in [0.5, 0.6) is 0 Å². The van der Waals surface area contributed by atoms with E-state index in [1.807, 2.05) is 12.1 Å². The highest BCUT2D eigenvalue weighted by atomic mass is 35.5. The van der Waals surface area contributed by atoms with Crippen LogP contribution in [0.3, 0.4) is 0 Å². The third-order valence-electron chi connectivity index (χ3n) is 3.52. The fraction of sp³-hybridized carbons (Fsp3) is 0.333. The molecule has 0 saturated carbocycles. The molecular weight excluding hydrogens is 266 g/mol. The van der Waals surface area contributed by atoms with Crippen LogP contribution in [0.15, 0.2) is 54.6 Å². The molecule has 1 atom stereocenters. The summed E-state index contributed by atoms with van der Waals surface area (Å²) in [5, 5.41) is 4.45. The molecule has 0 spiro atoms. The lowest BCUT2D eigenvalue weighted by molar-refractivity contribution is 0.415. The lowest BCUT2D eigenvalue weighted by atomic mass is 9.96. The highest BCUT2D eigenvalue weighted by Crippen LogP contribution is 2.23. The Balaban J connectivity index is 1.94. The van der Waals surface area contributed by atoms with Crippen LogP contribution in [0.25, 0.3) is 0 Å². The van der Waals surface area contributed by atoms with Crippen molar-refractivity contribution in [3.63, 3.8) is 0 Å². The molecule has 0 aliphatic carbocycles. The molecular formula is C18H22ClN. The fourth-order valence-electron chi connectivity index (χ4n) is 2.43. The van der Waals surface area contributed by atoms with E-state index in [9.17, 15) is 0 Å². The molecule has 0 heterocycles. The molecule has 0 aliphatic heterocycles. The lowest BCUT2D eigenvalue weighted by Gasteiger charge is -2.23. The van der Waals surface area contributed by atoms with Crippen LogP contribution in [-0.4, -0.2) is 6.54 Å². The first-order valence-corrected chi connectivity index (χ1v) is 7.57. The molecule has 2 heteroatoms. The van der Waals surface area contributed by atoms with Gasteiger partial charge in [0.15, 0.2) is 0 Å². The Morgan fingerprint density at radius 2 is 1.60 bits per heavy atom. The minimum Gasteiger partial charge on any atom is -0.309 e. The molecule has 20 heavy (non-hydrogen) atoms. The lowest BCUT2D eigenvalue weighted by Crippen LogP contribution is -2.27. The van der Waals surface area contributed by atoms with E-state index in [2.05, 4.69) is 61.6 Å². The molecule has 2 aromatic carbocycles. The second-order valence-electron chi connectivity index (χ2n) is 5.46. The molecule has 0 amide bonds. The Bertz CT molecular complexity index is 505. The van der Waals surface area contributed by atoms with Crippen molar-refractivity contribution in [2.24, 2.45) is 5.92 Å². The van der Waals surface area contributed by atoms with Crippen LogP contribution in [0, 0.1) is 5.92 Å². The summed E-state index contributed by atoms with van der Waals surface area (Å²) < 4.78 is 0. The van der Waals surface area contributed by atoms with Crippen LogP contribution in [0.2, 0.25) is 5.02 Å². The Morgan fingerprint density at radius 1 is 0.950 bits per heavy atom. The van der Waals surface area contributed by atoms with Gasteiger partial charge in [-0.2, -0.15) is 0 Å². The second kappa shape index (κ2) is 7.47. The highest BCUT2D eigenvalue weighted by Gasteiger charge is 2.14. The zero-order valence-corrected chi connectivity index (χ0v) is 12.9. The number of rotatable bonds is 6. The maximum atomic E-state index is 5.96. The monoisotopic (exact) mass is 287 g/mol. The number of hydrogen-bond donors (Lipinski definition) is 1. The summed E-state index contributed by atoms with van der Waals surface area (Å²) in [6.45, 7) is 5.47. The van der Waals surface area contributed by atoms with Crippen LogP contribution in [0.4, 0.5) is 0 Å². The Morgan fingerprint density at radius 3 is 2.20 bits per heavy atom. The Kier molecular flexibility index (Phi) is 5.63. The van der Waals surface area contributed by atoms with Gasteiger partial charge in [0.25, 0.3) is 0 Å². The molecule has 2 rings (SSSR count). The number of halogens is 1. The first kappa shape index (κ1) is 15.1. The molecule has 1 N–H and O–H groups in total. The van der Waals surface area contributed by atoms with E-state index in [-0.39, 0.29) is 0 Å². The van der Waals surface area contributed by atoms with Crippen molar-refractivity contribution in [1.82, 2.24) is 5.32 Å². The highest BCUT2D eigenvalue weighted by molar-refractivity contribution is 6.30. The Labute approximate surface area is 127 Å². The SMILES string of the molecule is CC(C)C(NCCc1ccccc1)c1ccc(Cl)cc1. The van der Waals surface area contributed by atoms with Gasteiger partial charge in [-0.3, -0.25) is 0 Å². The molecule has 0 saturated heterocycles. The summed E-state index contributed by atoms with van der Waals surface area (Å²) in [5.74, 6) is 0.548. The minimum atomic E-state index is 0.371. The minimum absolute atomic E-state index is 0.371. The van der Waals surface area contributed by atoms with E-state index in [1.54, 1.807) is 0 Å². The van der Waals surface area contributed by atoms with E-state index >= 15 is 0 Å². The number of benzene rings is 2. The van der Waals surface area contributed by atoms with Gasteiger partial charge >= 0.3 is 0 Å². The van der Waals surface area contributed by atoms with Gasteiger partial charge < -0.3 is 5.32 Å². The second-order valence-corrected chi connectivity index (χ2v) is 5.90. The molecule has 0 bridgehead atoms. The van der Waals surface area contributed by atoms with Gasteiger partial charge in [-0.15, -0.1) is 0 Å². The van der Waals surface area contributed by atoms with Gasteiger partial charge in [0, 0.05) is 11.1 Å². The van der Waals surface area contributed by atoms with Crippen molar-refractivity contribution in [1.29, 1.82) is 0 Å². The van der Waals surface area contributed by atoms with Crippen LogP contribution in [-0.2, 0) is 6.42 Å². The van der Waals surface area contributed by atoms with Crippen molar-refractivity contribution in [3.05, 3.63) is 70.7 Å². The van der Waals surface area contributed by atoms with Gasteiger partial charge in [0.2, 0.25) is 0 Å². The average Bonchev–Trinajstić information content (AvgIpc) is 2.46. The van der Waals surface area contributed by atoms with Gasteiger partial charge in [-0.25, -0.2) is 0 Å². The molecule has 1 nitrogen and oxygen atoms in total. The van der Waals surface area contributed by atoms with E-state index in [0.29, 0.717) is 12.0 Å². The van der Waals surface area contributed by atoms with Gasteiger partial charge in [-0.05, 0) is 42.1 Å². The van der Waals surface area contributed by atoms with Gasteiger partial charge in [-0.1, -0.05) is 67.9 Å². The van der Waals surface area contributed by atoms with Crippen LogP contribution < -0.4 is 5.32 Å². The maximum Gasteiger partial charge on any atom is 0.0406 e. The average molecular weight is 288 g/mol. The van der Waals surface area contributed by atoms with Crippen molar-refractivity contribution in [3.8, 4) is 0 Å². The summed E-state index contributed by atoms with van der Waals surface area (Å²) in [7, 11) is 0. The van der Waals surface area contributed by atoms with Crippen molar-refractivity contribution >= 4 is 11.6 Å². The summed E-state index contributed by atoms with van der Waals surface area (Å²) in [6, 6.07) is 19.1. The standard InChI is InChI=1S/C18H22ClN/c1-14(2)18(16-8-10-17(19)11-9-16)20-13-12-15-6-4-3-5-7-15/h3-11,14,18,20H,12-13H2,1-2H3. The first-order chi connectivity index (χ1) is 9.66. The summed E-state index contributed by atoms with van der Waals surface area (Å²) >= 11 is 5.96. The summed E-state index contributed by atoms with van der Waals surface area (Å²) in [4.78, 5) is 0. The maximum absolute atomic E-state index is 5.96. The van der Waals surface area contributed by atoms with Crippen LogP contribution in [0.1, 0.15) is 31.0 Å². The summed E-state index contributed by atoms with van der Waals surface area (Å²) in [5.41, 5.74) is 2.68. The summed E-state index contributed by atoms with van der Waals surface area (Å²) in [6.07, 6.45) is 1.05. The van der Waals surface area contributed by atoms with Crippen molar-refractivity contribution in [2.75, 3.05) is 6.54 Å². The quantitative estimate of drug-likeness (QED) is 0.799. The smallest absolute Gasteiger partial charge is 0.0406 e. The topological polar surface area (TPSA) is 12.0 Å². The molecule has 0 radical (unpaired) electrons. The fourth-order valence-corrected chi connectivity index (χ4v) is 2.55. The van der Waals surface area contributed by atoms with Gasteiger partial charge in [0.1, 0.15) is 0 Å². The van der Waals surface area contributed by atoms with E-state index in [0.717, 1.165) is 18.0 Å². The normalized spacial score (nSPS) is 12.6. The zero-order chi connectivity index (χ0) is 14.4. The predicted molar refractivity (Wildman–Crippen MR) is 87.2 cm³/mol. The molecule has 0 aliphatic rings. The zero-order valence-electron chi connectivity index (χ0n) is 12.1. The van der Waals surface area contributed by atoms with E-state index < -0.39 is 0 Å². The third kappa shape index (κ3) is 4.36. The predicted octanol–water partition coefficient (Wildman–Crippen LogP) is 4.87. The van der Waals surface area contributed by atoms with E-state index in [4.69, 9.17) is 11.6 Å². The van der Waals surface area contributed by atoms with Crippen molar-refractivity contribution < 1.29 is 0 Å². The Hall–Kier alpha value is -1.31. The number of hydrogen-bond acceptors (Lipinski definition) is 1. The third-order valence-corrected chi connectivity index (χ3v) is 3.77. The largest absolute Gasteiger partial charge is 0.309 e. The number of nitrogens with one attached hydrogen (secondary N) is 1. The molecule has 0 aromatic heterocycles. The van der Waals surface area contributed by atoms with Crippen LogP contribution >= 0.6 is 11.6 Å². The van der Waals surface area contributed by atoms with Gasteiger partial charge in [0.05, 0.1) is 0 Å². The molecule has 0 fully saturated rings. The van der Waals surface area contributed by atoms with Crippen molar-refractivity contribution in [2.45, 2.75) is 26.3 Å². The molecule has 2 aromatic rings. The molecule has 1 unspecified atom stereocenters. The molecule has 106 valence electrons.